The van der Waals surface area contributed by atoms with E-state index in [9.17, 15) is 14.0 Å². The zero-order chi connectivity index (χ0) is 12.8. The maximum Gasteiger partial charge on any atom is 0.315 e. The maximum atomic E-state index is 13.0. The van der Waals surface area contributed by atoms with Gasteiger partial charge in [0, 0.05) is 6.07 Å². The van der Waals surface area contributed by atoms with Gasteiger partial charge in [-0.2, -0.15) is 0 Å². The van der Waals surface area contributed by atoms with Gasteiger partial charge in [-0.3, -0.25) is 9.59 Å². The van der Waals surface area contributed by atoms with Gasteiger partial charge in [0.25, 0.3) is 0 Å². The quantitative estimate of drug-likeness (QED) is 0.638. The average molecular weight is 241 g/mol. The summed E-state index contributed by atoms with van der Waals surface area (Å²) in [4.78, 5) is 22.2. The maximum absolute atomic E-state index is 13.0. The molecule has 0 unspecified atom stereocenters. The average Bonchev–Trinajstić information content (AvgIpc) is 2.29. The molecule has 0 heterocycles. The fourth-order valence-corrected chi connectivity index (χ4v) is 1.18. The zero-order valence-electron chi connectivity index (χ0n) is 9.45. The Labute approximate surface area is 97.5 Å². The standard InChI is InChI=1S/C11H12FNO4/c1-16-9-4-3-7(12)5-8(9)13-10(14)6-11(15)17-2/h3-5H,6H2,1-2H3,(H,13,14). The number of benzene rings is 1. The predicted octanol–water partition coefficient (Wildman–Crippen LogP) is 1.34. The first-order chi connectivity index (χ1) is 8.06. The first-order valence-corrected chi connectivity index (χ1v) is 4.77. The minimum atomic E-state index is -0.669. The Kier molecular flexibility index (Phi) is 4.45. The molecule has 1 aromatic rings. The molecule has 0 saturated carbocycles. The number of esters is 1. The number of rotatable bonds is 4. The van der Waals surface area contributed by atoms with Crippen LogP contribution in [-0.4, -0.2) is 26.1 Å². The fraction of sp³-hybridized carbons (Fsp3) is 0.273. The van der Waals surface area contributed by atoms with Gasteiger partial charge in [0.05, 0.1) is 19.9 Å². The van der Waals surface area contributed by atoms with Crippen molar-refractivity contribution in [3.05, 3.63) is 24.0 Å². The van der Waals surface area contributed by atoms with Gasteiger partial charge in [-0.15, -0.1) is 0 Å². The van der Waals surface area contributed by atoms with Crippen LogP contribution >= 0.6 is 0 Å². The summed E-state index contributed by atoms with van der Waals surface area (Å²) in [6, 6.07) is 3.69. The molecule has 0 aliphatic rings. The number of ether oxygens (including phenoxy) is 2. The normalized spacial score (nSPS) is 9.59. The van der Waals surface area contributed by atoms with E-state index >= 15 is 0 Å². The molecule has 6 heteroatoms. The predicted molar refractivity (Wildman–Crippen MR) is 58.2 cm³/mol. The Morgan fingerprint density at radius 1 is 1.35 bits per heavy atom. The number of carbonyl (C=O) groups is 2. The van der Waals surface area contributed by atoms with E-state index in [2.05, 4.69) is 10.1 Å². The molecule has 0 atom stereocenters. The molecule has 0 fully saturated rings. The Bertz CT molecular complexity index is 433. The van der Waals surface area contributed by atoms with Crippen molar-refractivity contribution in [2.24, 2.45) is 0 Å². The van der Waals surface area contributed by atoms with E-state index < -0.39 is 24.1 Å². The van der Waals surface area contributed by atoms with Crippen molar-refractivity contribution < 1.29 is 23.5 Å². The largest absolute Gasteiger partial charge is 0.495 e. The smallest absolute Gasteiger partial charge is 0.315 e. The van der Waals surface area contributed by atoms with Crippen LogP contribution in [0, 0.1) is 5.82 Å². The van der Waals surface area contributed by atoms with Crippen molar-refractivity contribution in [1.29, 1.82) is 0 Å². The molecule has 17 heavy (non-hydrogen) atoms. The highest BCUT2D eigenvalue weighted by atomic mass is 19.1. The molecular formula is C11H12FNO4. The summed E-state index contributed by atoms with van der Waals surface area (Å²) in [5, 5.41) is 2.36. The third kappa shape index (κ3) is 3.75. The van der Waals surface area contributed by atoms with Crippen molar-refractivity contribution in [1.82, 2.24) is 0 Å². The molecule has 0 aliphatic heterocycles. The summed E-state index contributed by atoms with van der Waals surface area (Å²) in [7, 11) is 2.57. The van der Waals surface area contributed by atoms with E-state index in [1.807, 2.05) is 0 Å². The second-order valence-corrected chi connectivity index (χ2v) is 3.15. The summed E-state index contributed by atoms with van der Waals surface area (Å²) in [5.41, 5.74) is 0.168. The number of hydrogen-bond acceptors (Lipinski definition) is 4. The summed E-state index contributed by atoms with van der Waals surface area (Å²) in [5.74, 6) is -1.47. The monoisotopic (exact) mass is 241 g/mol. The van der Waals surface area contributed by atoms with Crippen LogP contribution in [0.3, 0.4) is 0 Å². The van der Waals surface area contributed by atoms with Gasteiger partial charge in [-0.25, -0.2) is 4.39 Å². The molecular weight excluding hydrogens is 229 g/mol. The van der Waals surface area contributed by atoms with Gasteiger partial charge in [0.2, 0.25) is 5.91 Å². The number of halogens is 1. The van der Waals surface area contributed by atoms with Gasteiger partial charge in [0.1, 0.15) is 18.0 Å². The van der Waals surface area contributed by atoms with E-state index in [4.69, 9.17) is 4.74 Å². The number of methoxy groups -OCH3 is 2. The van der Waals surface area contributed by atoms with Gasteiger partial charge < -0.3 is 14.8 Å². The van der Waals surface area contributed by atoms with Crippen molar-refractivity contribution in [3.63, 3.8) is 0 Å². The lowest BCUT2D eigenvalue weighted by Gasteiger charge is -2.09. The van der Waals surface area contributed by atoms with Crippen molar-refractivity contribution in [2.45, 2.75) is 6.42 Å². The third-order valence-corrected chi connectivity index (χ3v) is 1.97. The second kappa shape index (κ2) is 5.83. The Balaban J connectivity index is 2.76. The van der Waals surface area contributed by atoms with E-state index in [-0.39, 0.29) is 5.69 Å². The molecule has 1 amide bonds. The summed E-state index contributed by atoms with van der Waals surface area (Å²) >= 11 is 0. The Hall–Kier alpha value is -2.11. The van der Waals surface area contributed by atoms with Gasteiger partial charge >= 0.3 is 5.97 Å². The summed E-state index contributed by atoms with van der Waals surface area (Å²) in [6.45, 7) is 0. The first kappa shape index (κ1) is 13.0. The van der Waals surface area contributed by atoms with Crippen LogP contribution in [0.5, 0.6) is 5.75 Å². The van der Waals surface area contributed by atoms with Crippen molar-refractivity contribution in [3.8, 4) is 5.75 Å². The summed E-state index contributed by atoms with van der Waals surface area (Å²) in [6.07, 6.45) is -0.434. The second-order valence-electron chi connectivity index (χ2n) is 3.15. The van der Waals surface area contributed by atoms with Crippen LogP contribution in [0.1, 0.15) is 6.42 Å². The van der Waals surface area contributed by atoms with Gasteiger partial charge in [-0.1, -0.05) is 0 Å². The molecule has 1 N–H and O–H groups in total. The SMILES string of the molecule is COC(=O)CC(=O)Nc1cc(F)ccc1OC. The van der Waals surface area contributed by atoms with Crippen LogP contribution < -0.4 is 10.1 Å². The first-order valence-electron chi connectivity index (χ1n) is 4.77. The lowest BCUT2D eigenvalue weighted by molar-refractivity contribution is -0.142. The third-order valence-electron chi connectivity index (χ3n) is 1.97. The topological polar surface area (TPSA) is 64.6 Å². The molecule has 0 saturated heterocycles. The molecule has 5 nitrogen and oxygen atoms in total. The number of amides is 1. The highest BCUT2D eigenvalue weighted by Gasteiger charge is 2.12. The summed E-state index contributed by atoms with van der Waals surface area (Å²) < 4.78 is 22.2. The van der Waals surface area contributed by atoms with Gasteiger partial charge in [-0.05, 0) is 12.1 Å². The Morgan fingerprint density at radius 2 is 2.06 bits per heavy atom. The molecule has 0 radical (unpaired) electrons. The molecule has 1 rings (SSSR count). The molecule has 92 valence electrons. The number of nitrogens with one attached hydrogen (secondary N) is 1. The minimum absolute atomic E-state index is 0.168. The number of hydrogen-bond donors (Lipinski definition) is 1. The number of anilines is 1. The Morgan fingerprint density at radius 3 is 2.65 bits per heavy atom. The van der Waals surface area contributed by atoms with Crippen LogP contribution in [0.4, 0.5) is 10.1 Å². The highest BCUT2D eigenvalue weighted by molar-refractivity contribution is 6.02. The van der Waals surface area contributed by atoms with Crippen LogP contribution in [-0.2, 0) is 14.3 Å². The molecule has 1 aromatic carbocycles. The number of carbonyl (C=O) groups excluding carboxylic acids is 2. The van der Waals surface area contributed by atoms with Crippen LogP contribution in [0.25, 0.3) is 0 Å². The minimum Gasteiger partial charge on any atom is -0.495 e. The lowest BCUT2D eigenvalue weighted by atomic mass is 10.2. The highest BCUT2D eigenvalue weighted by Crippen LogP contribution is 2.24. The molecule has 0 aliphatic carbocycles. The van der Waals surface area contributed by atoms with E-state index in [1.54, 1.807) is 0 Å². The lowest BCUT2D eigenvalue weighted by Crippen LogP contribution is -2.17. The van der Waals surface area contributed by atoms with Crippen molar-refractivity contribution in [2.75, 3.05) is 19.5 Å². The van der Waals surface area contributed by atoms with Crippen LogP contribution in [0.2, 0.25) is 0 Å². The van der Waals surface area contributed by atoms with E-state index in [0.29, 0.717) is 5.75 Å². The fourth-order valence-electron chi connectivity index (χ4n) is 1.18. The van der Waals surface area contributed by atoms with Gasteiger partial charge in [0.15, 0.2) is 0 Å². The molecule has 0 bridgehead atoms. The van der Waals surface area contributed by atoms with Crippen molar-refractivity contribution >= 4 is 17.6 Å². The van der Waals surface area contributed by atoms with E-state index in [1.165, 1.54) is 26.4 Å². The van der Waals surface area contributed by atoms with E-state index in [0.717, 1.165) is 6.07 Å². The molecule has 0 spiro atoms. The molecule has 0 aromatic heterocycles. The zero-order valence-corrected chi connectivity index (χ0v) is 9.45. The van der Waals surface area contributed by atoms with Crippen LogP contribution in [0.15, 0.2) is 18.2 Å².